The highest BCUT2D eigenvalue weighted by Crippen LogP contribution is 2.17. The lowest BCUT2D eigenvalue weighted by Crippen LogP contribution is -2.47. The van der Waals surface area contributed by atoms with Crippen LogP contribution in [0, 0.1) is 0 Å². The summed E-state index contributed by atoms with van der Waals surface area (Å²) in [7, 11) is 1.58. The third-order valence-electron chi connectivity index (χ3n) is 3.57. The van der Waals surface area contributed by atoms with Gasteiger partial charge in [-0.3, -0.25) is 4.79 Å². The Balaban J connectivity index is 1.90. The van der Waals surface area contributed by atoms with E-state index in [4.69, 9.17) is 4.74 Å². The summed E-state index contributed by atoms with van der Waals surface area (Å²) in [6.07, 6.45) is 3.57. The van der Waals surface area contributed by atoms with E-state index in [0.717, 1.165) is 6.42 Å². The first kappa shape index (κ1) is 13.9. The second kappa shape index (κ2) is 6.57. The minimum Gasteiger partial charge on any atom is -0.496 e. The van der Waals surface area contributed by atoms with Crippen LogP contribution in [-0.4, -0.2) is 31.6 Å². The van der Waals surface area contributed by atoms with Crippen molar-refractivity contribution in [1.82, 2.24) is 10.6 Å². The molecule has 2 atom stereocenters. The van der Waals surface area contributed by atoms with E-state index < -0.39 is 0 Å². The van der Waals surface area contributed by atoms with Crippen LogP contribution >= 0.6 is 0 Å². The maximum absolute atomic E-state index is 12.1. The van der Waals surface area contributed by atoms with Gasteiger partial charge in [-0.25, -0.2) is 0 Å². The molecule has 1 saturated heterocycles. The first-order valence-corrected chi connectivity index (χ1v) is 6.88. The molecule has 0 spiro atoms. The van der Waals surface area contributed by atoms with E-state index in [1.54, 1.807) is 19.2 Å². The lowest BCUT2D eigenvalue weighted by molar-refractivity contribution is 0.0943. The second-order valence-corrected chi connectivity index (χ2v) is 5.11. The average Bonchev–Trinajstić information content (AvgIpc) is 2.45. The number of methoxy groups -OCH3 is 1. The molecule has 1 aliphatic heterocycles. The highest BCUT2D eigenvalue weighted by molar-refractivity contribution is 5.96. The van der Waals surface area contributed by atoms with Gasteiger partial charge in [-0.15, -0.1) is 0 Å². The van der Waals surface area contributed by atoms with Crippen LogP contribution in [0.4, 0.5) is 0 Å². The van der Waals surface area contributed by atoms with Gasteiger partial charge in [-0.2, -0.15) is 0 Å². The zero-order valence-corrected chi connectivity index (χ0v) is 11.6. The van der Waals surface area contributed by atoms with Crippen molar-refractivity contribution in [2.24, 2.45) is 0 Å². The number of rotatable bonds is 4. The fourth-order valence-electron chi connectivity index (χ4n) is 2.54. The van der Waals surface area contributed by atoms with Crippen molar-refractivity contribution in [2.45, 2.75) is 38.3 Å². The molecule has 104 valence electrons. The molecule has 4 nitrogen and oxygen atoms in total. The van der Waals surface area contributed by atoms with Gasteiger partial charge in [0.15, 0.2) is 0 Å². The second-order valence-electron chi connectivity index (χ2n) is 5.11. The van der Waals surface area contributed by atoms with E-state index in [1.165, 1.54) is 12.8 Å². The van der Waals surface area contributed by atoms with Crippen molar-refractivity contribution in [3.8, 4) is 5.75 Å². The largest absolute Gasteiger partial charge is 0.496 e. The van der Waals surface area contributed by atoms with Crippen LogP contribution in [0.5, 0.6) is 5.75 Å². The molecule has 1 aliphatic rings. The first-order chi connectivity index (χ1) is 9.20. The summed E-state index contributed by atoms with van der Waals surface area (Å²) in [5.41, 5.74) is 0.592. The molecule has 0 aromatic heterocycles. The number of para-hydroxylation sites is 1. The molecule has 1 aromatic carbocycles. The van der Waals surface area contributed by atoms with Gasteiger partial charge in [-0.05, 0) is 31.9 Å². The van der Waals surface area contributed by atoms with Crippen molar-refractivity contribution in [2.75, 3.05) is 13.7 Å². The molecule has 1 aromatic rings. The van der Waals surface area contributed by atoms with Gasteiger partial charge in [0.25, 0.3) is 5.91 Å². The molecule has 2 rings (SSSR count). The van der Waals surface area contributed by atoms with Crippen LogP contribution in [0.15, 0.2) is 24.3 Å². The number of benzene rings is 1. The van der Waals surface area contributed by atoms with Gasteiger partial charge in [0, 0.05) is 18.6 Å². The molecule has 2 unspecified atom stereocenters. The molecule has 1 amide bonds. The van der Waals surface area contributed by atoms with Gasteiger partial charge >= 0.3 is 0 Å². The fraction of sp³-hybridized carbons (Fsp3) is 0.533. The number of amides is 1. The van der Waals surface area contributed by atoms with Crippen LogP contribution in [-0.2, 0) is 0 Å². The van der Waals surface area contributed by atoms with Gasteiger partial charge in [0.05, 0.1) is 12.7 Å². The van der Waals surface area contributed by atoms with E-state index in [-0.39, 0.29) is 5.91 Å². The van der Waals surface area contributed by atoms with E-state index in [9.17, 15) is 4.79 Å². The number of hydrogen-bond donors (Lipinski definition) is 2. The van der Waals surface area contributed by atoms with E-state index in [2.05, 4.69) is 17.6 Å². The monoisotopic (exact) mass is 262 g/mol. The molecule has 0 aliphatic carbocycles. The molecule has 0 radical (unpaired) electrons. The first-order valence-electron chi connectivity index (χ1n) is 6.88. The van der Waals surface area contributed by atoms with Crippen molar-refractivity contribution >= 4 is 5.91 Å². The van der Waals surface area contributed by atoms with Gasteiger partial charge in [0.1, 0.15) is 5.75 Å². The van der Waals surface area contributed by atoms with Crippen LogP contribution in [0.1, 0.15) is 36.5 Å². The van der Waals surface area contributed by atoms with Crippen LogP contribution in [0.25, 0.3) is 0 Å². The lowest BCUT2D eigenvalue weighted by Gasteiger charge is -2.28. The molecule has 0 saturated carbocycles. The Morgan fingerprint density at radius 1 is 1.42 bits per heavy atom. The smallest absolute Gasteiger partial charge is 0.255 e. The topological polar surface area (TPSA) is 50.4 Å². The van der Waals surface area contributed by atoms with Crippen LogP contribution < -0.4 is 15.4 Å². The van der Waals surface area contributed by atoms with Crippen LogP contribution in [0.2, 0.25) is 0 Å². The minimum atomic E-state index is -0.0718. The Hall–Kier alpha value is -1.55. The summed E-state index contributed by atoms with van der Waals surface area (Å²) in [5, 5.41) is 6.49. The summed E-state index contributed by atoms with van der Waals surface area (Å²) in [5.74, 6) is 0.544. The standard InChI is InChI=1S/C15H22N2O2/c1-11-6-5-7-12(17-11)10-16-15(18)13-8-3-4-9-14(13)19-2/h3-4,8-9,11-12,17H,5-7,10H2,1-2H3,(H,16,18). The molecule has 4 heteroatoms. The predicted octanol–water partition coefficient (Wildman–Crippen LogP) is 1.96. The van der Waals surface area contributed by atoms with Crippen molar-refractivity contribution in [1.29, 1.82) is 0 Å². The summed E-state index contributed by atoms with van der Waals surface area (Å²) in [4.78, 5) is 12.1. The molecular weight excluding hydrogens is 240 g/mol. The van der Waals surface area contributed by atoms with Crippen LogP contribution in [0.3, 0.4) is 0 Å². The Morgan fingerprint density at radius 3 is 2.95 bits per heavy atom. The number of piperidine rings is 1. The zero-order valence-electron chi connectivity index (χ0n) is 11.6. The molecule has 0 bridgehead atoms. The quantitative estimate of drug-likeness (QED) is 0.872. The zero-order chi connectivity index (χ0) is 13.7. The van der Waals surface area contributed by atoms with Crippen molar-refractivity contribution in [3.63, 3.8) is 0 Å². The molecule has 1 fully saturated rings. The molecular formula is C15H22N2O2. The maximum Gasteiger partial charge on any atom is 0.255 e. The number of carbonyl (C=O) groups excluding carboxylic acids is 1. The molecule has 19 heavy (non-hydrogen) atoms. The Morgan fingerprint density at radius 2 is 2.21 bits per heavy atom. The average molecular weight is 262 g/mol. The SMILES string of the molecule is COc1ccccc1C(=O)NCC1CCCC(C)N1. The number of hydrogen-bond acceptors (Lipinski definition) is 3. The van der Waals surface area contributed by atoms with E-state index in [0.29, 0.717) is 29.9 Å². The Bertz CT molecular complexity index is 434. The van der Waals surface area contributed by atoms with Gasteiger partial charge in [-0.1, -0.05) is 18.6 Å². The number of carbonyl (C=O) groups is 1. The molecule has 2 N–H and O–H groups in total. The summed E-state index contributed by atoms with van der Waals surface area (Å²) < 4.78 is 5.20. The van der Waals surface area contributed by atoms with Crippen molar-refractivity contribution in [3.05, 3.63) is 29.8 Å². The van der Waals surface area contributed by atoms with E-state index >= 15 is 0 Å². The maximum atomic E-state index is 12.1. The normalized spacial score (nSPS) is 22.8. The van der Waals surface area contributed by atoms with Gasteiger partial charge < -0.3 is 15.4 Å². The summed E-state index contributed by atoms with van der Waals surface area (Å²) >= 11 is 0. The highest BCUT2D eigenvalue weighted by Gasteiger charge is 2.19. The predicted molar refractivity (Wildman–Crippen MR) is 75.6 cm³/mol. The number of nitrogens with one attached hydrogen (secondary N) is 2. The third kappa shape index (κ3) is 3.70. The lowest BCUT2D eigenvalue weighted by atomic mass is 9.99. The number of ether oxygens (including phenoxy) is 1. The highest BCUT2D eigenvalue weighted by atomic mass is 16.5. The summed E-state index contributed by atoms with van der Waals surface area (Å²) in [6.45, 7) is 2.86. The Kier molecular flexibility index (Phi) is 4.80. The van der Waals surface area contributed by atoms with Gasteiger partial charge in [0.2, 0.25) is 0 Å². The van der Waals surface area contributed by atoms with Crippen molar-refractivity contribution < 1.29 is 9.53 Å². The third-order valence-corrected chi connectivity index (χ3v) is 3.57. The Labute approximate surface area is 114 Å². The summed E-state index contributed by atoms with van der Waals surface area (Å²) in [6, 6.07) is 8.21. The van der Waals surface area contributed by atoms with E-state index in [1.807, 2.05) is 12.1 Å². The fourth-order valence-corrected chi connectivity index (χ4v) is 2.54. The minimum absolute atomic E-state index is 0.0718. The molecule has 1 heterocycles.